The van der Waals surface area contributed by atoms with Crippen LogP contribution in [0.3, 0.4) is 0 Å². The predicted octanol–water partition coefficient (Wildman–Crippen LogP) is 0.723. The van der Waals surface area contributed by atoms with E-state index in [1.165, 1.54) is 6.92 Å². The average molecular weight is 120 g/mol. The van der Waals surface area contributed by atoms with E-state index in [0.29, 0.717) is 5.03 Å². The van der Waals surface area contributed by atoms with Crippen molar-refractivity contribution < 1.29 is 4.79 Å². The van der Waals surface area contributed by atoms with Gasteiger partial charge in [-0.25, -0.2) is 0 Å². The molecular formula is C3H6OP2. The first-order valence-electron chi connectivity index (χ1n) is 1.49. The van der Waals surface area contributed by atoms with Gasteiger partial charge in [-0.2, -0.15) is 0 Å². The highest BCUT2D eigenvalue weighted by Crippen LogP contribution is 1.90. The number of hydrogen-bond donors (Lipinski definition) is 0. The van der Waals surface area contributed by atoms with Gasteiger partial charge in [-0.1, -0.05) is 9.24 Å². The minimum Gasteiger partial charge on any atom is -0.294 e. The fourth-order valence-electron chi connectivity index (χ4n) is 0. The molecule has 0 aliphatic heterocycles. The third-order valence-electron chi connectivity index (χ3n) is 0.379. The van der Waals surface area contributed by atoms with Gasteiger partial charge in [-0.3, -0.25) is 4.79 Å². The summed E-state index contributed by atoms with van der Waals surface area (Å²) in [5.74, 6) is 0.0525. The topological polar surface area (TPSA) is 17.1 Å². The molecule has 0 radical (unpaired) electrons. The SMILES string of the molecule is CC(=O)C(=P)P. The summed E-state index contributed by atoms with van der Waals surface area (Å²) in [6.45, 7) is 1.50. The summed E-state index contributed by atoms with van der Waals surface area (Å²) in [5, 5.41) is 0.593. The first-order chi connectivity index (χ1) is 2.64. The molecule has 1 atom stereocenters. The minimum atomic E-state index is 0.0525. The minimum absolute atomic E-state index is 0.0525. The van der Waals surface area contributed by atoms with Crippen molar-refractivity contribution in [2.45, 2.75) is 6.92 Å². The zero-order valence-electron chi connectivity index (χ0n) is 3.49. The number of rotatable bonds is 1. The Kier molecular flexibility index (Phi) is 2.55. The van der Waals surface area contributed by atoms with E-state index in [-0.39, 0.29) is 5.78 Å². The summed E-state index contributed by atoms with van der Waals surface area (Å²) < 4.78 is 0. The van der Waals surface area contributed by atoms with E-state index in [9.17, 15) is 4.79 Å². The second-order valence-corrected chi connectivity index (χ2v) is 2.66. The van der Waals surface area contributed by atoms with Crippen LogP contribution in [0.25, 0.3) is 0 Å². The van der Waals surface area contributed by atoms with Gasteiger partial charge in [0.15, 0.2) is 5.78 Å². The van der Waals surface area contributed by atoms with Crippen LogP contribution in [0.15, 0.2) is 0 Å². The van der Waals surface area contributed by atoms with E-state index in [2.05, 4.69) is 18.1 Å². The van der Waals surface area contributed by atoms with Gasteiger partial charge in [-0.05, 0) is 6.92 Å². The number of carbonyl (C=O) groups excluding carboxylic acids is 1. The van der Waals surface area contributed by atoms with Gasteiger partial charge >= 0.3 is 0 Å². The summed E-state index contributed by atoms with van der Waals surface area (Å²) >= 11 is 0. The summed E-state index contributed by atoms with van der Waals surface area (Å²) in [6.07, 6.45) is 0. The number of carbonyl (C=O) groups is 1. The summed E-state index contributed by atoms with van der Waals surface area (Å²) in [7, 11) is 5.27. The van der Waals surface area contributed by atoms with Gasteiger partial charge in [0.05, 0.1) is 0 Å². The lowest BCUT2D eigenvalue weighted by Gasteiger charge is -1.79. The lowest BCUT2D eigenvalue weighted by molar-refractivity contribution is -0.110. The van der Waals surface area contributed by atoms with Gasteiger partial charge in [-0.15, -0.1) is 8.86 Å². The Hall–Kier alpha value is 0.270. The molecule has 34 valence electrons. The van der Waals surface area contributed by atoms with Crippen LogP contribution in [0, 0.1) is 0 Å². The maximum absolute atomic E-state index is 10.0. The summed E-state index contributed by atoms with van der Waals surface area (Å²) in [5.41, 5.74) is 0. The van der Waals surface area contributed by atoms with Crippen LogP contribution in [0.1, 0.15) is 6.92 Å². The molecular weight excluding hydrogens is 114 g/mol. The van der Waals surface area contributed by atoms with E-state index < -0.39 is 0 Å². The van der Waals surface area contributed by atoms with Crippen LogP contribution < -0.4 is 0 Å². The van der Waals surface area contributed by atoms with Crippen LogP contribution in [0.5, 0.6) is 0 Å². The van der Waals surface area contributed by atoms with E-state index in [1.54, 1.807) is 0 Å². The lowest BCUT2D eigenvalue weighted by Crippen LogP contribution is -1.93. The van der Waals surface area contributed by atoms with Crippen LogP contribution in [-0.4, -0.2) is 10.8 Å². The van der Waals surface area contributed by atoms with E-state index >= 15 is 0 Å². The van der Waals surface area contributed by atoms with E-state index in [1.807, 2.05) is 0 Å². The highest BCUT2D eigenvalue weighted by molar-refractivity contribution is 7.61. The van der Waals surface area contributed by atoms with Gasteiger partial charge in [0.2, 0.25) is 0 Å². The fraction of sp³-hybridized carbons (Fsp3) is 0.333. The molecule has 3 heteroatoms. The fourth-order valence-corrected chi connectivity index (χ4v) is 0. The first kappa shape index (κ1) is 6.27. The molecule has 0 aromatic rings. The van der Waals surface area contributed by atoms with Gasteiger partial charge in [0.25, 0.3) is 0 Å². The molecule has 1 unspecified atom stereocenters. The Morgan fingerprint density at radius 3 is 2.00 bits per heavy atom. The van der Waals surface area contributed by atoms with Crippen LogP contribution in [-0.2, 0) is 4.79 Å². The standard InChI is InChI=1S/C3H6OP2/c1-2(4)3(5)6/h5H,6H2,1H3. The molecule has 0 N–H and O–H groups in total. The Bertz CT molecular complexity index is 74.8. The van der Waals surface area contributed by atoms with Crippen molar-refractivity contribution in [1.29, 1.82) is 0 Å². The number of ketones is 1. The quantitative estimate of drug-likeness (QED) is 0.466. The van der Waals surface area contributed by atoms with E-state index in [0.717, 1.165) is 0 Å². The van der Waals surface area contributed by atoms with Crippen LogP contribution in [0.2, 0.25) is 0 Å². The maximum atomic E-state index is 10.0. The lowest BCUT2D eigenvalue weighted by atomic mass is 10.5. The average Bonchev–Trinajstić information content (AvgIpc) is 1.36. The molecule has 0 spiro atoms. The molecule has 0 aliphatic carbocycles. The maximum Gasteiger partial charge on any atom is 0.163 e. The van der Waals surface area contributed by atoms with Gasteiger partial charge in [0, 0.05) is 5.03 Å². The molecule has 0 rings (SSSR count). The second-order valence-electron chi connectivity index (χ2n) is 0.970. The number of Topliss-reactive ketones (excluding diaryl/α,β-unsaturated/α-hetero) is 1. The third kappa shape index (κ3) is 2.50. The van der Waals surface area contributed by atoms with Crippen molar-refractivity contribution in [1.82, 2.24) is 0 Å². The van der Waals surface area contributed by atoms with Crippen molar-refractivity contribution in [2.24, 2.45) is 0 Å². The first-order valence-corrected chi connectivity index (χ1v) is 2.57. The molecule has 0 bridgehead atoms. The molecule has 0 fully saturated rings. The Morgan fingerprint density at radius 1 is 1.83 bits per heavy atom. The van der Waals surface area contributed by atoms with Crippen molar-refractivity contribution in [3.05, 3.63) is 0 Å². The molecule has 0 amide bonds. The zero-order valence-corrected chi connectivity index (χ0v) is 5.64. The van der Waals surface area contributed by atoms with Crippen molar-refractivity contribution in [3.8, 4) is 0 Å². The monoisotopic (exact) mass is 120 g/mol. The molecule has 0 saturated heterocycles. The normalized spacial score (nSPS) is 7.67. The second kappa shape index (κ2) is 2.44. The predicted molar refractivity (Wildman–Crippen MR) is 33.7 cm³/mol. The Morgan fingerprint density at radius 2 is 2.00 bits per heavy atom. The molecule has 0 aromatic carbocycles. The van der Waals surface area contributed by atoms with Crippen molar-refractivity contribution >= 4 is 28.9 Å². The molecule has 0 saturated carbocycles. The highest BCUT2D eigenvalue weighted by atomic mass is 31.1. The highest BCUT2D eigenvalue weighted by Gasteiger charge is 1.87. The third-order valence-corrected chi connectivity index (χ3v) is 1.14. The van der Waals surface area contributed by atoms with Crippen LogP contribution in [0.4, 0.5) is 0 Å². The zero-order chi connectivity index (χ0) is 5.15. The summed E-state index contributed by atoms with van der Waals surface area (Å²) in [4.78, 5) is 10.0. The molecule has 1 nitrogen and oxygen atoms in total. The molecule has 6 heavy (non-hydrogen) atoms. The Balaban J connectivity index is 3.57. The number of hydrogen-bond acceptors (Lipinski definition) is 1. The van der Waals surface area contributed by atoms with Gasteiger partial charge in [0.1, 0.15) is 0 Å². The molecule has 0 heterocycles. The van der Waals surface area contributed by atoms with E-state index in [4.69, 9.17) is 0 Å². The van der Waals surface area contributed by atoms with Crippen molar-refractivity contribution in [2.75, 3.05) is 0 Å². The smallest absolute Gasteiger partial charge is 0.163 e. The largest absolute Gasteiger partial charge is 0.294 e. The Labute approximate surface area is 41.5 Å². The van der Waals surface area contributed by atoms with Crippen molar-refractivity contribution in [3.63, 3.8) is 0 Å². The molecule has 0 aliphatic rings. The summed E-state index contributed by atoms with van der Waals surface area (Å²) in [6, 6.07) is 0. The van der Waals surface area contributed by atoms with Crippen LogP contribution >= 0.6 is 18.1 Å². The molecule has 0 aromatic heterocycles. The van der Waals surface area contributed by atoms with Gasteiger partial charge < -0.3 is 0 Å².